The van der Waals surface area contributed by atoms with Crippen LogP contribution in [0.1, 0.15) is 31.6 Å². The molecule has 0 radical (unpaired) electrons. The number of nitrogens with zero attached hydrogens (tertiary/aromatic N) is 3. The van der Waals surface area contributed by atoms with Crippen LogP contribution in [0.15, 0.2) is 34.1 Å². The third-order valence-corrected chi connectivity index (χ3v) is 4.24. The molecule has 0 amide bonds. The van der Waals surface area contributed by atoms with Crippen molar-refractivity contribution < 1.29 is 13.2 Å². The van der Waals surface area contributed by atoms with Crippen LogP contribution in [-0.2, 0) is 23.9 Å². The minimum Gasteiger partial charge on any atom is -0.768 e. The zero-order valence-corrected chi connectivity index (χ0v) is 13.2. The first-order chi connectivity index (χ1) is 10.7. The Morgan fingerprint density at radius 2 is 2.18 bits per heavy atom. The van der Waals surface area contributed by atoms with Gasteiger partial charge in [-0.2, -0.15) is 5.10 Å². The summed E-state index contributed by atoms with van der Waals surface area (Å²) in [6, 6.07) is 3.22. The van der Waals surface area contributed by atoms with Crippen LogP contribution in [0.5, 0.6) is 0 Å². The Hall–Kier alpha value is -1.99. The van der Waals surface area contributed by atoms with Crippen molar-refractivity contribution in [3.63, 3.8) is 0 Å². The number of hydrogen-bond donors (Lipinski definition) is 0. The molecule has 1 unspecified atom stereocenters. The van der Waals surface area contributed by atoms with E-state index in [0.29, 0.717) is 11.3 Å². The second-order valence-corrected chi connectivity index (χ2v) is 5.94. The number of rotatable bonds is 5. The van der Waals surface area contributed by atoms with E-state index in [9.17, 15) is 8.76 Å². The molecule has 0 aliphatic heterocycles. The summed E-state index contributed by atoms with van der Waals surface area (Å²) < 4.78 is 30.4. The van der Waals surface area contributed by atoms with Crippen LogP contribution in [0.2, 0.25) is 0 Å². The van der Waals surface area contributed by atoms with E-state index >= 15 is 0 Å². The molecule has 1 aromatic carbocycles. The maximum absolute atomic E-state index is 11.4. The van der Waals surface area contributed by atoms with Crippen LogP contribution in [-0.4, -0.2) is 23.5 Å². The standard InChI is InChI=1S/C15H17N3O3S/c1-3-5-14-11(4-2)12-6-10(22(19)20)7-13(15(12)21-14)18-9-16-8-17-18/h6-9H,3-5H2,1-2H3,(H,19,20)/p-1. The van der Waals surface area contributed by atoms with Crippen molar-refractivity contribution in [3.8, 4) is 5.69 Å². The molecular formula is C15H16N3O3S-. The van der Waals surface area contributed by atoms with Crippen LogP contribution in [0.4, 0.5) is 0 Å². The van der Waals surface area contributed by atoms with Crippen molar-refractivity contribution in [1.82, 2.24) is 14.8 Å². The van der Waals surface area contributed by atoms with E-state index in [-0.39, 0.29) is 4.90 Å². The molecule has 0 aliphatic carbocycles. The highest BCUT2D eigenvalue weighted by Crippen LogP contribution is 2.33. The second-order valence-electron chi connectivity index (χ2n) is 5.00. The Bertz CT molecular complexity index is 824. The first-order valence-electron chi connectivity index (χ1n) is 7.18. The number of benzene rings is 1. The molecule has 3 aromatic rings. The Balaban J connectivity index is 2.35. The fraction of sp³-hybridized carbons (Fsp3) is 0.333. The van der Waals surface area contributed by atoms with Gasteiger partial charge in [0.25, 0.3) is 0 Å². The topological polar surface area (TPSA) is 84.0 Å². The van der Waals surface area contributed by atoms with Gasteiger partial charge in [-0.05, 0) is 36.1 Å². The van der Waals surface area contributed by atoms with E-state index in [2.05, 4.69) is 17.0 Å². The Labute approximate surface area is 130 Å². The van der Waals surface area contributed by atoms with E-state index in [1.54, 1.807) is 12.1 Å². The molecule has 22 heavy (non-hydrogen) atoms. The maximum atomic E-state index is 11.4. The molecule has 3 rings (SSSR count). The van der Waals surface area contributed by atoms with Crippen molar-refractivity contribution in [3.05, 3.63) is 36.1 Å². The summed E-state index contributed by atoms with van der Waals surface area (Å²) in [5.74, 6) is 0.912. The van der Waals surface area contributed by atoms with Gasteiger partial charge in [-0.25, -0.2) is 9.67 Å². The summed E-state index contributed by atoms with van der Waals surface area (Å²) >= 11 is -2.31. The predicted octanol–water partition coefficient (Wildman–Crippen LogP) is 2.77. The molecule has 0 bridgehead atoms. The van der Waals surface area contributed by atoms with Crippen LogP contribution >= 0.6 is 0 Å². The lowest BCUT2D eigenvalue weighted by atomic mass is 10.1. The summed E-state index contributed by atoms with van der Waals surface area (Å²) in [6.45, 7) is 4.13. The lowest BCUT2D eigenvalue weighted by molar-refractivity contribution is 0.534. The molecule has 0 N–H and O–H groups in total. The quantitative estimate of drug-likeness (QED) is 0.675. The van der Waals surface area contributed by atoms with E-state index in [4.69, 9.17) is 4.42 Å². The Morgan fingerprint density at radius 1 is 1.36 bits per heavy atom. The van der Waals surface area contributed by atoms with Crippen molar-refractivity contribution in [2.24, 2.45) is 0 Å². The molecule has 0 fully saturated rings. The Kier molecular flexibility index (Phi) is 4.08. The fourth-order valence-corrected chi connectivity index (χ4v) is 3.09. The van der Waals surface area contributed by atoms with Gasteiger partial charge in [-0.3, -0.25) is 4.21 Å². The van der Waals surface area contributed by atoms with Gasteiger partial charge in [-0.15, -0.1) is 0 Å². The first kappa shape index (κ1) is 14.9. The average Bonchev–Trinajstić information content (AvgIpc) is 3.13. The molecule has 0 aliphatic rings. The lowest BCUT2D eigenvalue weighted by Crippen LogP contribution is -1.98. The monoisotopic (exact) mass is 318 g/mol. The molecule has 6 nitrogen and oxygen atoms in total. The summed E-state index contributed by atoms with van der Waals surface area (Å²) in [4.78, 5) is 4.14. The third kappa shape index (κ3) is 2.46. The van der Waals surface area contributed by atoms with Gasteiger partial charge < -0.3 is 8.97 Å². The van der Waals surface area contributed by atoms with Crippen molar-refractivity contribution in [2.45, 2.75) is 38.0 Å². The molecule has 0 saturated heterocycles. The minimum absolute atomic E-state index is 0.219. The normalized spacial score (nSPS) is 12.9. The van der Waals surface area contributed by atoms with Crippen molar-refractivity contribution in [2.75, 3.05) is 0 Å². The highest BCUT2D eigenvalue weighted by molar-refractivity contribution is 7.79. The van der Waals surface area contributed by atoms with Gasteiger partial charge in [0.2, 0.25) is 0 Å². The summed E-state index contributed by atoms with van der Waals surface area (Å²) in [6.07, 6.45) is 5.51. The fourth-order valence-electron chi connectivity index (χ4n) is 2.67. The molecule has 0 spiro atoms. The van der Waals surface area contributed by atoms with Gasteiger partial charge in [-0.1, -0.05) is 13.8 Å². The van der Waals surface area contributed by atoms with Crippen molar-refractivity contribution >= 4 is 22.0 Å². The van der Waals surface area contributed by atoms with Crippen LogP contribution in [0.25, 0.3) is 16.7 Å². The number of hydrogen-bond acceptors (Lipinski definition) is 5. The largest absolute Gasteiger partial charge is 0.768 e. The molecule has 2 heterocycles. The zero-order chi connectivity index (χ0) is 15.7. The van der Waals surface area contributed by atoms with Gasteiger partial charge in [0.05, 0.1) is 0 Å². The van der Waals surface area contributed by atoms with E-state index in [1.807, 2.05) is 6.92 Å². The average molecular weight is 318 g/mol. The van der Waals surface area contributed by atoms with Gasteiger partial charge in [0.15, 0.2) is 5.58 Å². The number of aryl methyl sites for hydroxylation is 2. The SMILES string of the molecule is CCCc1oc2c(-n3cncn3)cc(S(=O)[O-])cc2c1CC. The van der Waals surface area contributed by atoms with Crippen LogP contribution < -0.4 is 0 Å². The Morgan fingerprint density at radius 3 is 2.77 bits per heavy atom. The van der Waals surface area contributed by atoms with Gasteiger partial charge in [0.1, 0.15) is 24.1 Å². The third-order valence-electron chi connectivity index (χ3n) is 3.62. The molecule has 2 aromatic heterocycles. The maximum Gasteiger partial charge on any atom is 0.160 e. The van der Waals surface area contributed by atoms with Gasteiger partial charge in [0, 0.05) is 22.3 Å². The molecule has 0 saturated carbocycles. The highest BCUT2D eigenvalue weighted by Gasteiger charge is 2.18. The first-order valence-corrected chi connectivity index (χ1v) is 8.25. The predicted molar refractivity (Wildman–Crippen MR) is 81.7 cm³/mol. The molecule has 116 valence electrons. The number of fused-ring (bicyclic) bond motifs is 1. The zero-order valence-electron chi connectivity index (χ0n) is 12.4. The summed E-state index contributed by atoms with van der Waals surface area (Å²) in [5.41, 5.74) is 2.30. The van der Waals surface area contributed by atoms with E-state index < -0.39 is 11.1 Å². The van der Waals surface area contributed by atoms with Crippen molar-refractivity contribution in [1.29, 1.82) is 0 Å². The van der Waals surface area contributed by atoms with E-state index in [1.165, 1.54) is 17.3 Å². The van der Waals surface area contributed by atoms with Crippen LogP contribution in [0, 0.1) is 0 Å². The smallest absolute Gasteiger partial charge is 0.160 e. The lowest BCUT2D eigenvalue weighted by Gasteiger charge is -2.09. The van der Waals surface area contributed by atoms with Gasteiger partial charge >= 0.3 is 0 Å². The second kappa shape index (κ2) is 6.02. The molecule has 1 atom stereocenters. The summed E-state index contributed by atoms with van der Waals surface area (Å²) in [7, 11) is 0. The molecule has 7 heteroatoms. The summed E-state index contributed by atoms with van der Waals surface area (Å²) in [5, 5.41) is 4.92. The molecular weight excluding hydrogens is 302 g/mol. The highest BCUT2D eigenvalue weighted by atomic mass is 32.2. The minimum atomic E-state index is -2.31. The number of aromatic nitrogens is 3. The number of furan rings is 1. The van der Waals surface area contributed by atoms with E-state index in [0.717, 1.165) is 36.0 Å². The van der Waals surface area contributed by atoms with Crippen LogP contribution in [0.3, 0.4) is 0 Å².